The Labute approximate surface area is 870 Å². The van der Waals surface area contributed by atoms with E-state index in [0.717, 1.165) is 102 Å². The summed E-state index contributed by atoms with van der Waals surface area (Å²) in [6.07, 6.45) is 30.9. The van der Waals surface area contributed by atoms with Crippen LogP contribution in [0.2, 0.25) is 0 Å². The minimum Gasteiger partial charge on any atom is -0.462 e. The van der Waals surface area contributed by atoms with Crippen molar-refractivity contribution >= 4 is 47.8 Å². The molecule has 0 bridgehead atoms. The third-order valence-corrected chi connectivity index (χ3v) is 30.3. The van der Waals surface area contributed by atoms with Crippen molar-refractivity contribution in [2.45, 2.75) is 477 Å². The minimum atomic E-state index is -0.241. The van der Waals surface area contributed by atoms with Crippen LogP contribution in [-0.2, 0) is 114 Å². The Morgan fingerprint density at radius 1 is 0.350 bits per heavy atom. The molecule has 9 aliphatic heterocycles. The van der Waals surface area contributed by atoms with Crippen molar-refractivity contribution in [3.63, 3.8) is 0 Å². The predicted molar refractivity (Wildman–Crippen MR) is 574 cm³/mol. The Balaban J connectivity index is 0.000000805. The van der Waals surface area contributed by atoms with Crippen molar-refractivity contribution in [1.82, 2.24) is 0 Å². The molecule has 0 aliphatic carbocycles. The largest absolute Gasteiger partial charge is 0.462 e. The molecule has 0 aromatic carbocycles. The van der Waals surface area contributed by atoms with Gasteiger partial charge in [0.2, 0.25) is 0 Å². The second kappa shape index (κ2) is 61.5. The molecule has 0 saturated carbocycles. The van der Waals surface area contributed by atoms with Gasteiger partial charge in [0.05, 0.1) is 86.0 Å². The molecule has 0 N–H and O–H groups in total. The summed E-state index contributed by atoms with van der Waals surface area (Å²) in [6.45, 7) is 87.0. The molecule has 9 heterocycles. The van der Waals surface area contributed by atoms with E-state index >= 15 is 0 Å². The van der Waals surface area contributed by atoms with E-state index < -0.39 is 0 Å². The quantitative estimate of drug-likeness (QED) is 0.0466. The van der Waals surface area contributed by atoms with Gasteiger partial charge in [-0.2, -0.15) is 0 Å². The molecule has 0 aromatic heterocycles. The third kappa shape index (κ3) is 51.0. The van der Waals surface area contributed by atoms with E-state index in [2.05, 4.69) is 249 Å². The molecule has 24 heteroatoms. The average Bonchev–Trinajstić information content (AvgIpc) is 0.810. The van der Waals surface area contributed by atoms with Gasteiger partial charge in [0.15, 0.2) is 0 Å². The van der Waals surface area contributed by atoms with Gasteiger partial charge < -0.3 is 75.8 Å². The Bertz CT molecular complexity index is 3880. The van der Waals surface area contributed by atoms with Gasteiger partial charge >= 0.3 is 47.8 Å². The highest BCUT2D eigenvalue weighted by molar-refractivity contribution is 5.88. The lowest BCUT2D eigenvalue weighted by molar-refractivity contribution is -0.183. The number of carbonyl (C=O) groups excluding carboxylic acids is 8. The zero-order valence-corrected chi connectivity index (χ0v) is 99.2. The fourth-order valence-electron chi connectivity index (χ4n) is 18.6. The molecule has 143 heavy (non-hydrogen) atoms. The lowest BCUT2D eigenvalue weighted by Gasteiger charge is -2.42. The summed E-state index contributed by atoms with van der Waals surface area (Å²) in [4.78, 5) is 90.7. The SMILES string of the molecule is CC(C[C@H]1CC=CC(=O)O1)C(C)(C)C.CC1=C[C@@H](C)[C@H](CCC(C)(C)C)OC1=O.COC(CC1C=CCC(=O)O1)C(C)(C)C.COC(CC1CC=CC(=O)O1)C(C)(C)C.COC(CC1OC(=O)[C@H](C)C[C@H]1C)C(C)(C)C.COC1[C@@H](C)C(CC(OC)C(C)(C)C)OC[C@@H]1C.COC1[C@@H](C)C(CCC(C)(C)C)OC(=O)[C@@H]1C.COC1[C@@H](C)C(C[C@H](C)C(C)(C)C)OC(=O)[C@@H]1C.C[C@@H](C[C@H]1C=CCC(=O)O1)C(C)(C)C. The van der Waals surface area contributed by atoms with Gasteiger partial charge in [-0.05, 0) is 157 Å². The summed E-state index contributed by atoms with van der Waals surface area (Å²) in [5.41, 5.74) is 2.47. The van der Waals surface area contributed by atoms with E-state index in [1.165, 1.54) is 12.2 Å². The van der Waals surface area contributed by atoms with Crippen LogP contribution in [0.25, 0.3) is 0 Å². The molecule has 4 fully saturated rings. The van der Waals surface area contributed by atoms with E-state index in [9.17, 15) is 38.4 Å². The lowest BCUT2D eigenvalue weighted by Crippen LogP contribution is -2.48. The van der Waals surface area contributed by atoms with Crippen LogP contribution >= 0.6 is 0 Å². The van der Waals surface area contributed by atoms with Crippen LogP contribution in [-0.4, -0.2) is 202 Å². The van der Waals surface area contributed by atoms with Crippen molar-refractivity contribution in [1.29, 1.82) is 0 Å². The summed E-state index contributed by atoms with van der Waals surface area (Å²) in [5.74, 6) is 2.40. The Morgan fingerprint density at radius 3 is 1.08 bits per heavy atom. The van der Waals surface area contributed by atoms with Crippen molar-refractivity contribution < 1.29 is 114 Å². The molecule has 24 nitrogen and oxygen atoms in total. The van der Waals surface area contributed by atoms with Gasteiger partial charge in [-0.1, -0.05) is 287 Å². The maximum atomic E-state index is 11.8. The van der Waals surface area contributed by atoms with Crippen molar-refractivity contribution in [3.8, 4) is 0 Å². The third-order valence-electron chi connectivity index (χ3n) is 30.3. The average molecular weight is 2030 g/mol. The molecule has 4 saturated heterocycles. The normalized spacial score (nSPS) is 29.5. The van der Waals surface area contributed by atoms with Crippen molar-refractivity contribution in [2.75, 3.05) is 56.4 Å². The summed E-state index contributed by atoms with van der Waals surface area (Å²) < 4.78 is 87.5. The lowest BCUT2D eigenvalue weighted by atomic mass is 9.75. The molecule has 9 aliphatic rings. The smallest absolute Gasteiger partial charge is 0.333 e. The maximum absolute atomic E-state index is 11.8. The first-order chi connectivity index (χ1) is 65.4. The van der Waals surface area contributed by atoms with Gasteiger partial charge in [-0.3, -0.25) is 24.0 Å². The van der Waals surface area contributed by atoms with Crippen LogP contribution in [0.3, 0.4) is 0 Å². The molecular formula is C119H212O24. The van der Waals surface area contributed by atoms with E-state index in [4.69, 9.17) is 75.8 Å². The number of ether oxygens (including phenoxy) is 16. The van der Waals surface area contributed by atoms with Crippen LogP contribution in [0.4, 0.5) is 0 Å². The fourth-order valence-corrected chi connectivity index (χ4v) is 18.6. The van der Waals surface area contributed by atoms with Crippen LogP contribution in [0, 0.1) is 120 Å². The highest BCUT2D eigenvalue weighted by atomic mass is 16.6. The first-order valence-electron chi connectivity index (χ1n) is 53.7. The highest BCUT2D eigenvalue weighted by Gasteiger charge is 2.46. The number of hydrogen-bond acceptors (Lipinski definition) is 24. The monoisotopic (exact) mass is 2030 g/mol. The zero-order valence-electron chi connectivity index (χ0n) is 99.2. The molecule has 0 aromatic rings. The van der Waals surface area contributed by atoms with Crippen LogP contribution in [0.15, 0.2) is 60.3 Å². The van der Waals surface area contributed by atoms with Crippen LogP contribution in [0.5, 0.6) is 0 Å². The van der Waals surface area contributed by atoms with Gasteiger partial charge in [0, 0.05) is 136 Å². The number of esters is 8. The molecule has 9 rings (SSSR count). The topological polar surface area (TPSA) is 284 Å². The first kappa shape index (κ1) is 135. The van der Waals surface area contributed by atoms with E-state index in [1.54, 1.807) is 49.8 Å². The summed E-state index contributed by atoms with van der Waals surface area (Å²) in [7, 11) is 12.1. The Kier molecular flexibility index (Phi) is 58.1. The first-order valence-corrected chi connectivity index (χ1v) is 53.7. The van der Waals surface area contributed by atoms with Gasteiger partial charge in [0.25, 0.3) is 0 Å². The number of rotatable bonds is 25. The summed E-state index contributed by atoms with van der Waals surface area (Å²) >= 11 is 0. The Morgan fingerprint density at radius 2 is 0.699 bits per heavy atom. The van der Waals surface area contributed by atoms with Gasteiger partial charge in [0.1, 0.15) is 48.8 Å². The fraction of sp³-hybridized carbons (Fsp3) is 0.849. The van der Waals surface area contributed by atoms with Gasteiger partial charge in [-0.25, -0.2) is 14.4 Å². The summed E-state index contributed by atoms with van der Waals surface area (Å²) in [6, 6.07) is 0. The maximum Gasteiger partial charge on any atom is 0.333 e. The number of cyclic esters (lactones) is 8. The summed E-state index contributed by atoms with van der Waals surface area (Å²) in [5, 5.41) is 0. The molecular weight excluding hydrogens is 1810 g/mol. The van der Waals surface area contributed by atoms with E-state index in [1.807, 2.05) is 70.2 Å². The van der Waals surface area contributed by atoms with Crippen molar-refractivity contribution in [3.05, 3.63) is 60.3 Å². The Hall–Kier alpha value is -5.86. The predicted octanol–water partition coefficient (Wildman–Crippen LogP) is 26.2. The van der Waals surface area contributed by atoms with Gasteiger partial charge in [-0.15, -0.1) is 0 Å². The molecule has 0 amide bonds. The number of methoxy groups -OCH3 is 7. The second-order valence-electron chi connectivity index (χ2n) is 52.5. The number of carbonyl (C=O) groups is 8. The zero-order chi connectivity index (χ0) is 111. The number of hydrogen-bond donors (Lipinski definition) is 0. The molecule has 832 valence electrons. The molecule has 28 atom stereocenters. The van der Waals surface area contributed by atoms with Crippen LogP contribution < -0.4 is 0 Å². The molecule has 0 spiro atoms. The van der Waals surface area contributed by atoms with Crippen LogP contribution in [0.1, 0.15) is 380 Å². The minimum absolute atomic E-state index is 0.00266. The highest BCUT2D eigenvalue weighted by Crippen LogP contribution is 2.42. The van der Waals surface area contributed by atoms with E-state index in [-0.39, 0.29) is 212 Å². The molecule has 14 unspecified atom stereocenters. The second-order valence-corrected chi connectivity index (χ2v) is 52.5. The van der Waals surface area contributed by atoms with Crippen molar-refractivity contribution in [2.24, 2.45) is 120 Å². The molecule has 0 radical (unpaired) electrons. The standard InChI is InChI=1S/C15H30O3.C15H28O3.2C14H26O3.C13H22O2.2C12H20O3.2C12H20O2/c1-10-9-18-12(11(2)14(10)17-7)8-13(16-6)15(3,4)5;1-9(15(4,5)6)8-12-10(2)13(17-7)11(3)14(16)18-12;1-9-7-10(2)13(15)17-11(9)8-12(16-6)14(3,4)5;1-9-11(7-8-14(3,4)5)17-13(15)10(2)12(9)16-6;1-9-8-10(2)12(14)15-11(9)6-7-13(3,4)5;2*1-12(2,3)10(14-4)8-9-6-5-7-11(13)15-9;2*1-9(12(2,3)4)8-10-6-5-7-11(13)14-10/h10-14H,8-9H2,1-7H3;9-13H,8H2,1-7H3;2*9-12H,7-8H2,1-6H3;8-9,11H,6-7H2,1-5H3;5,7,9-10H,6,8H2,1-4H3;5-6,9-10H,7-8H2,1-4H3;5,7,9-10H,6,8H2,1-4H3;5-6,9-10H,7-8H2,1-4H3/t10-,11-,12?,13?,14?;9-,10-,11+,12?,13?;9-,10-,11?,12?;9-,10+,11?,12?;9-,11+;;;9?,10-;9-,10+/m00101..10/s1. The van der Waals surface area contributed by atoms with E-state index in [0.29, 0.717) is 65.8 Å².